The first-order valence-corrected chi connectivity index (χ1v) is 6.03. The molecule has 0 heterocycles. The number of hydrogen-bond acceptors (Lipinski definition) is 1. The summed E-state index contributed by atoms with van der Waals surface area (Å²) < 4.78 is 5.11. The van der Waals surface area contributed by atoms with E-state index in [9.17, 15) is 0 Å². The molecule has 10 heavy (non-hydrogen) atoms. The summed E-state index contributed by atoms with van der Waals surface area (Å²) in [6.07, 6.45) is 0. The Morgan fingerprint density at radius 1 is 1.30 bits per heavy atom. The minimum atomic E-state index is -0.165. The first kappa shape index (κ1) is 8.15. The average Bonchev–Trinajstić information content (AvgIpc) is 2.05. The van der Waals surface area contributed by atoms with Gasteiger partial charge in [0, 0.05) is 0 Å². The van der Waals surface area contributed by atoms with Gasteiger partial charge in [0.1, 0.15) is 0 Å². The predicted molar refractivity (Wildman–Crippen MR) is 45.1 cm³/mol. The molecule has 0 aliphatic rings. The number of benzene rings is 1. The molecule has 0 saturated carbocycles. The molecule has 1 aromatic carbocycles. The Morgan fingerprint density at radius 2 is 1.90 bits per heavy atom. The first-order valence-electron chi connectivity index (χ1n) is 2.86. The molecule has 0 amide bonds. The van der Waals surface area contributed by atoms with Crippen molar-refractivity contribution in [1.82, 2.24) is 0 Å². The van der Waals surface area contributed by atoms with Gasteiger partial charge in [0.05, 0.1) is 0 Å². The van der Waals surface area contributed by atoms with Crippen molar-refractivity contribution in [3.05, 3.63) is 30.3 Å². The van der Waals surface area contributed by atoms with Gasteiger partial charge in [-0.2, -0.15) is 0 Å². The van der Waals surface area contributed by atoms with Crippen molar-refractivity contribution in [2.24, 2.45) is 0 Å². The van der Waals surface area contributed by atoms with Gasteiger partial charge in [-0.15, -0.1) is 0 Å². The van der Waals surface area contributed by atoms with Gasteiger partial charge in [0.2, 0.25) is 0 Å². The second-order valence-corrected chi connectivity index (χ2v) is 4.89. The van der Waals surface area contributed by atoms with E-state index in [1.807, 2.05) is 30.3 Å². The van der Waals surface area contributed by atoms with Crippen LogP contribution in [0.3, 0.4) is 0 Å². The van der Waals surface area contributed by atoms with Crippen LogP contribution in [0, 0.1) is 0 Å². The van der Waals surface area contributed by atoms with Crippen molar-refractivity contribution in [3.63, 3.8) is 0 Å². The zero-order valence-corrected chi connectivity index (χ0v) is 8.14. The van der Waals surface area contributed by atoms with Crippen LogP contribution < -0.4 is 0 Å². The number of hydrogen-bond donors (Lipinski definition) is 0. The SMILES string of the molecule is COS(=[Se])c1ccccc1. The molecule has 0 aliphatic heterocycles. The van der Waals surface area contributed by atoms with E-state index < -0.39 is 0 Å². The molecule has 0 bridgehead atoms. The zero-order valence-electron chi connectivity index (χ0n) is 5.61. The fraction of sp³-hybridized carbons (Fsp3) is 0.143. The molecule has 1 atom stereocenters. The summed E-state index contributed by atoms with van der Waals surface area (Å²) in [4.78, 5) is 1.20. The van der Waals surface area contributed by atoms with Crippen LogP contribution in [0.25, 0.3) is 0 Å². The second-order valence-electron chi connectivity index (χ2n) is 1.71. The summed E-state index contributed by atoms with van der Waals surface area (Å²) >= 11 is 2.95. The molecule has 0 spiro atoms. The number of rotatable bonds is 2. The molecule has 3 heteroatoms. The molecule has 54 valence electrons. The van der Waals surface area contributed by atoms with Crippen LogP contribution in [0.5, 0.6) is 0 Å². The Labute approximate surface area is 70.2 Å². The molecule has 1 unspecified atom stereocenters. The molecule has 0 aromatic heterocycles. The topological polar surface area (TPSA) is 9.23 Å². The van der Waals surface area contributed by atoms with Gasteiger partial charge < -0.3 is 0 Å². The van der Waals surface area contributed by atoms with Crippen LogP contribution in [0.15, 0.2) is 35.2 Å². The van der Waals surface area contributed by atoms with Gasteiger partial charge in [-0.25, -0.2) is 0 Å². The Hall–Kier alpha value is 0.0495. The second kappa shape index (κ2) is 4.04. The summed E-state index contributed by atoms with van der Waals surface area (Å²) in [7, 11) is 1.54. The molecule has 0 saturated heterocycles. The van der Waals surface area contributed by atoms with Crippen LogP contribution >= 0.6 is 9.10 Å². The maximum absolute atomic E-state index is 5.11. The third-order valence-corrected chi connectivity index (χ3v) is 4.11. The zero-order chi connectivity index (χ0) is 7.40. The summed E-state index contributed by atoms with van der Waals surface area (Å²) in [5.41, 5.74) is 0. The minimum absolute atomic E-state index is 0.165. The van der Waals surface area contributed by atoms with E-state index in [0.717, 1.165) is 0 Å². The first-order chi connectivity index (χ1) is 4.84. The maximum atomic E-state index is 5.11. The molecule has 0 N–H and O–H groups in total. The third kappa shape index (κ3) is 2.03. The third-order valence-electron chi connectivity index (χ3n) is 1.09. The Balaban J connectivity index is 2.85. The Morgan fingerprint density at radius 3 is 2.40 bits per heavy atom. The van der Waals surface area contributed by atoms with Crippen LogP contribution in [0.4, 0.5) is 0 Å². The van der Waals surface area contributed by atoms with E-state index in [4.69, 9.17) is 4.18 Å². The predicted octanol–water partition coefficient (Wildman–Crippen LogP) is 1.96. The molecular weight excluding hydrogens is 211 g/mol. The van der Waals surface area contributed by atoms with Crippen LogP contribution in [0.2, 0.25) is 0 Å². The van der Waals surface area contributed by atoms with Gasteiger partial charge in [0.25, 0.3) is 0 Å². The summed E-state index contributed by atoms with van der Waals surface area (Å²) in [5, 5.41) is 0. The van der Waals surface area contributed by atoms with E-state index in [2.05, 4.69) is 14.4 Å². The molecule has 0 radical (unpaired) electrons. The Kier molecular flexibility index (Phi) is 3.29. The van der Waals surface area contributed by atoms with E-state index in [1.165, 1.54) is 4.90 Å². The van der Waals surface area contributed by atoms with Crippen molar-refractivity contribution in [3.8, 4) is 0 Å². The van der Waals surface area contributed by atoms with E-state index >= 15 is 0 Å². The molecule has 1 aromatic rings. The van der Waals surface area contributed by atoms with Crippen LogP contribution in [-0.4, -0.2) is 21.5 Å². The van der Waals surface area contributed by atoms with Crippen molar-refractivity contribution in [2.75, 3.05) is 7.11 Å². The van der Waals surface area contributed by atoms with Crippen LogP contribution in [0.1, 0.15) is 0 Å². The summed E-state index contributed by atoms with van der Waals surface area (Å²) in [6, 6.07) is 10.1. The van der Waals surface area contributed by atoms with Crippen molar-refractivity contribution < 1.29 is 4.18 Å². The van der Waals surface area contributed by atoms with Gasteiger partial charge in [-0.3, -0.25) is 0 Å². The molecule has 0 aliphatic carbocycles. The quantitative estimate of drug-likeness (QED) is 0.691. The van der Waals surface area contributed by atoms with Gasteiger partial charge in [-0.05, 0) is 0 Å². The molecule has 1 nitrogen and oxygen atoms in total. The van der Waals surface area contributed by atoms with Gasteiger partial charge in [0.15, 0.2) is 0 Å². The van der Waals surface area contributed by atoms with Crippen molar-refractivity contribution in [1.29, 1.82) is 0 Å². The van der Waals surface area contributed by atoms with E-state index in [-0.39, 0.29) is 9.10 Å². The summed E-state index contributed by atoms with van der Waals surface area (Å²) in [5.74, 6) is 0. The fourth-order valence-electron chi connectivity index (χ4n) is 0.628. The van der Waals surface area contributed by atoms with Crippen molar-refractivity contribution in [2.45, 2.75) is 4.90 Å². The van der Waals surface area contributed by atoms with Crippen LogP contribution in [-0.2, 0) is 4.18 Å². The Bertz CT molecular complexity index is 222. The fourth-order valence-corrected chi connectivity index (χ4v) is 1.90. The average molecular weight is 219 g/mol. The van der Waals surface area contributed by atoms with Gasteiger partial charge in [-0.1, -0.05) is 0 Å². The van der Waals surface area contributed by atoms with E-state index in [0.29, 0.717) is 0 Å². The van der Waals surface area contributed by atoms with E-state index in [1.54, 1.807) is 7.11 Å². The standard InChI is InChI=1S/C7H8OSSe/c1-8-9(10)7-5-3-2-4-6-7/h2-6H,1H3. The molecule has 0 fully saturated rings. The van der Waals surface area contributed by atoms with Gasteiger partial charge >= 0.3 is 70.0 Å². The normalized spacial score (nSPS) is 12.9. The monoisotopic (exact) mass is 220 g/mol. The van der Waals surface area contributed by atoms with Crippen molar-refractivity contribution >= 4 is 23.5 Å². The molecule has 1 rings (SSSR count). The molecular formula is C7H8OSSe. The summed E-state index contributed by atoms with van der Waals surface area (Å²) in [6.45, 7) is 0.